The molecule has 1 saturated heterocycles. The van der Waals surface area contributed by atoms with Gasteiger partial charge in [0.25, 0.3) is 0 Å². The van der Waals surface area contributed by atoms with E-state index in [0.29, 0.717) is 19.7 Å². The summed E-state index contributed by atoms with van der Waals surface area (Å²) in [5.74, 6) is 1.18. The standard InChI is InChI=1S/C15H23NO3S/c1-12-6-7-13(2)15(9-12)19-11-14-5-4-8-16(10-14)20(3,17)18/h6-7,9,14H,4-5,8,10-11H2,1-3H3. The van der Waals surface area contributed by atoms with Gasteiger partial charge in [-0.1, -0.05) is 12.1 Å². The van der Waals surface area contributed by atoms with Gasteiger partial charge in [-0.25, -0.2) is 12.7 Å². The first kappa shape index (κ1) is 15.3. The summed E-state index contributed by atoms with van der Waals surface area (Å²) in [6.45, 7) is 5.86. The quantitative estimate of drug-likeness (QED) is 0.857. The first-order valence-electron chi connectivity index (χ1n) is 7.01. The maximum atomic E-state index is 11.6. The Hall–Kier alpha value is -1.07. The van der Waals surface area contributed by atoms with Gasteiger partial charge in [0.2, 0.25) is 10.0 Å². The lowest BCUT2D eigenvalue weighted by Crippen LogP contribution is -2.40. The number of rotatable bonds is 4. The van der Waals surface area contributed by atoms with Gasteiger partial charge in [0, 0.05) is 19.0 Å². The molecule has 5 heteroatoms. The second kappa shape index (κ2) is 6.14. The van der Waals surface area contributed by atoms with Crippen LogP contribution in [0.1, 0.15) is 24.0 Å². The van der Waals surface area contributed by atoms with Gasteiger partial charge in [0.15, 0.2) is 0 Å². The van der Waals surface area contributed by atoms with E-state index in [1.165, 1.54) is 11.8 Å². The van der Waals surface area contributed by atoms with Crippen molar-refractivity contribution in [2.75, 3.05) is 26.0 Å². The van der Waals surface area contributed by atoms with Crippen molar-refractivity contribution in [1.29, 1.82) is 0 Å². The number of piperidine rings is 1. The van der Waals surface area contributed by atoms with Crippen LogP contribution in [0.4, 0.5) is 0 Å². The number of nitrogens with zero attached hydrogens (tertiary/aromatic N) is 1. The van der Waals surface area contributed by atoms with Crippen LogP contribution in [0.5, 0.6) is 5.75 Å². The highest BCUT2D eigenvalue weighted by molar-refractivity contribution is 7.88. The lowest BCUT2D eigenvalue weighted by atomic mass is 10.0. The van der Waals surface area contributed by atoms with Gasteiger partial charge in [-0.2, -0.15) is 0 Å². The molecule has 0 saturated carbocycles. The molecule has 20 heavy (non-hydrogen) atoms. The van der Waals surface area contributed by atoms with Gasteiger partial charge in [0.05, 0.1) is 12.9 Å². The van der Waals surface area contributed by atoms with Gasteiger partial charge in [-0.05, 0) is 43.9 Å². The van der Waals surface area contributed by atoms with Crippen LogP contribution in [-0.4, -0.2) is 38.7 Å². The zero-order chi connectivity index (χ0) is 14.8. The maximum absolute atomic E-state index is 11.6. The smallest absolute Gasteiger partial charge is 0.211 e. The number of sulfonamides is 1. The molecule has 0 N–H and O–H groups in total. The summed E-state index contributed by atoms with van der Waals surface area (Å²) in [5.41, 5.74) is 2.29. The summed E-state index contributed by atoms with van der Waals surface area (Å²) >= 11 is 0. The number of ether oxygens (including phenoxy) is 1. The Morgan fingerprint density at radius 3 is 2.80 bits per heavy atom. The zero-order valence-electron chi connectivity index (χ0n) is 12.4. The molecule has 0 aromatic heterocycles. The van der Waals surface area contributed by atoms with E-state index >= 15 is 0 Å². The van der Waals surface area contributed by atoms with E-state index < -0.39 is 10.0 Å². The highest BCUT2D eigenvalue weighted by Crippen LogP contribution is 2.23. The largest absolute Gasteiger partial charge is 0.493 e. The molecule has 1 aromatic carbocycles. The van der Waals surface area contributed by atoms with E-state index in [-0.39, 0.29) is 5.92 Å². The molecule has 112 valence electrons. The Morgan fingerprint density at radius 2 is 2.10 bits per heavy atom. The third-order valence-electron chi connectivity index (χ3n) is 3.77. The molecule has 0 bridgehead atoms. The third-order valence-corrected chi connectivity index (χ3v) is 5.04. The zero-order valence-corrected chi connectivity index (χ0v) is 13.2. The van der Waals surface area contributed by atoms with Crippen LogP contribution >= 0.6 is 0 Å². The molecule has 1 aliphatic rings. The van der Waals surface area contributed by atoms with E-state index in [4.69, 9.17) is 4.74 Å². The van der Waals surface area contributed by atoms with Crippen molar-refractivity contribution in [2.24, 2.45) is 5.92 Å². The Kier molecular flexibility index (Phi) is 4.70. The van der Waals surface area contributed by atoms with E-state index in [1.54, 1.807) is 4.31 Å². The van der Waals surface area contributed by atoms with Crippen LogP contribution in [0.3, 0.4) is 0 Å². The SMILES string of the molecule is Cc1ccc(C)c(OCC2CCCN(S(C)(=O)=O)C2)c1. The monoisotopic (exact) mass is 297 g/mol. The average Bonchev–Trinajstić information content (AvgIpc) is 2.39. The molecule has 1 fully saturated rings. The van der Waals surface area contributed by atoms with Gasteiger partial charge in [-0.15, -0.1) is 0 Å². The lowest BCUT2D eigenvalue weighted by Gasteiger charge is -2.30. The van der Waals surface area contributed by atoms with Crippen molar-refractivity contribution in [3.8, 4) is 5.75 Å². The molecular formula is C15H23NO3S. The number of hydrogen-bond donors (Lipinski definition) is 0. The van der Waals surface area contributed by atoms with Crippen LogP contribution in [0, 0.1) is 19.8 Å². The van der Waals surface area contributed by atoms with E-state index in [9.17, 15) is 8.42 Å². The molecule has 1 unspecified atom stereocenters. The predicted molar refractivity (Wildman–Crippen MR) is 80.6 cm³/mol. The Balaban J connectivity index is 1.95. The first-order chi connectivity index (χ1) is 9.36. The van der Waals surface area contributed by atoms with E-state index in [1.807, 2.05) is 26.0 Å². The van der Waals surface area contributed by atoms with Gasteiger partial charge in [-0.3, -0.25) is 0 Å². The molecule has 0 spiro atoms. The highest BCUT2D eigenvalue weighted by Gasteiger charge is 2.26. The maximum Gasteiger partial charge on any atom is 0.211 e. The van der Waals surface area contributed by atoms with Crippen LogP contribution < -0.4 is 4.74 Å². The molecule has 1 aliphatic heterocycles. The summed E-state index contributed by atoms with van der Waals surface area (Å²) in [6.07, 6.45) is 3.21. The second-order valence-corrected chi connectivity index (χ2v) is 7.69. The minimum atomic E-state index is -3.08. The topological polar surface area (TPSA) is 46.6 Å². The second-order valence-electron chi connectivity index (χ2n) is 5.71. The molecule has 0 amide bonds. The molecule has 2 rings (SSSR count). The average molecular weight is 297 g/mol. The van der Waals surface area contributed by atoms with Gasteiger partial charge >= 0.3 is 0 Å². The molecule has 1 atom stereocenters. The summed E-state index contributed by atoms with van der Waals surface area (Å²) < 4.78 is 30.6. The van der Waals surface area contributed by atoms with Crippen molar-refractivity contribution in [3.05, 3.63) is 29.3 Å². The fourth-order valence-electron chi connectivity index (χ4n) is 2.53. The van der Waals surface area contributed by atoms with Crippen LogP contribution in [-0.2, 0) is 10.0 Å². The van der Waals surface area contributed by atoms with Crippen LogP contribution in [0.25, 0.3) is 0 Å². The summed E-state index contributed by atoms with van der Waals surface area (Å²) in [5, 5.41) is 0. The normalized spacial score (nSPS) is 20.9. The Labute approximate surface area is 121 Å². The van der Waals surface area contributed by atoms with Crippen molar-refractivity contribution in [1.82, 2.24) is 4.31 Å². The predicted octanol–water partition coefficient (Wildman–Crippen LogP) is 2.35. The summed E-state index contributed by atoms with van der Waals surface area (Å²) in [6, 6.07) is 6.15. The number of aryl methyl sites for hydroxylation is 2. The molecule has 0 aliphatic carbocycles. The fourth-order valence-corrected chi connectivity index (χ4v) is 3.48. The van der Waals surface area contributed by atoms with Crippen molar-refractivity contribution < 1.29 is 13.2 Å². The number of benzene rings is 1. The van der Waals surface area contributed by atoms with E-state index in [2.05, 4.69) is 6.07 Å². The minimum absolute atomic E-state index is 0.276. The van der Waals surface area contributed by atoms with Gasteiger partial charge in [0.1, 0.15) is 5.75 Å². The first-order valence-corrected chi connectivity index (χ1v) is 8.86. The van der Waals surface area contributed by atoms with Crippen molar-refractivity contribution in [3.63, 3.8) is 0 Å². The molecule has 4 nitrogen and oxygen atoms in total. The third kappa shape index (κ3) is 3.96. The molecule has 1 aromatic rings. The molecule has 1 heterocycles. The summed E-state index contributed by atoms with van der Waals surface area (Å²) in [4.78, 5) is 0. The highest BCUT2D eigenvalue weighted by atomic mass is 32.2. The Bertz CT molecular complexity index is 568. The Morgan fingerprint density at radius 1 is 1.35 bits per heavy atom. The van der Waals surface area contributed by atoms with Gasteiger partial charge < -0.3 is 4.74 Å². The lowest BCUT2D eigenvalue weighted by molar-refractivity contribution is 0.180. The van der Waals surface area contributed by atoms with Crippen molar-refractivity contribution in [2.45, 2.75) is 26.7 Å². The van der Waals surface area contributed by atoms with Crippen LogP contribution in [0.2, 0.25) is 0 Å². The number of hydrogen-bond acceptors (Lipinski definition) is 3. The summed E-state index contributed by atoms with van der Waals surface area (Å²) in [7, 11) is -3.08. The van der Waals surface area contributed by atoms with E-state index in [0.717, 1.165) is 24.2 Å². The fraction of sp³-hybridized carbons (Fsp3) is 0.600. The molecular weight excluding hydrogens is 274 g/mol. The van der Waals surface area contributed by atoms with Crippen molar-refractivity contribution >= 4 is 10.0 Å². The molecule has 0 radical (unpaired) electrons. The minimum Gasteiger partial charge on any atom is -0.493 e. The van der Waals surface area contributed by atoms with Crippen LogP contribution in [0.15, 0.2) is 18.2 Å².